The lowest BCUT2D eigenvalue weighted by molar-refractivity contribution is 0.0734. The number of para-hydroxylation sites is 1. The van der Waals surface area contributed by atoms with Crippen molar-refractivity contribution in [1.82, 2.24) is 19.9 Å². The molecule has 116 valence electrons. The minimum atomic E-state index is -0.0966. The minimum Gasteiger partial charge on any atom is -0.423 e. The van der Waals surface area contributed by atoms with E-state index in [1.165, 1.54) is 0 Å². The van der Waals surface area contributed by atoms with E-state index < -0.39 is 0 Å². The molecule has 3 aromatic rings. The summed E-state index contributed by atoms with van der Waals surface area (Å²) in [6.45, 7) is 3.05. The standard InChI is InChI=1S/C16H15N5O2/c1-9-11-7-21(6-5-12(11)19-8-18-9)15(22)10-3-2-4-13-14(10)23-16(17)20-13/h2-4,8H,5-7H2,1H3,(H2,17,20). The number of benzene rings is 1. The third-order valence-corrected chi connectivity index (χ3v) is 4.17. The molecule has 7 heteroatoms. The summed E-state index contributed by atoms with van der Waals surface area (Å²) in [5.41, 5.74) is 10.1. The smallest absolute Gasteiger partial charge is 0.293 e. The minimum absolute atomic E-state index is 0.0634. The summed E-state index contributed by atoms with van der Waals surface area (Å²) >= 11 is 0. The molecule has 4 rings (SSSR count). The largest absolute Gasteiger partial charge is 0.423 e. The van der Waals surface area contributed by atoms with Crippen LogP contribution in [0.5, 0.6) is 0 Å². The fourth-order valence-electron chi connectivity index (χ4n) is 2.96. The van der Waals surface area contributed by atoms with Crippen LogP contribution in [0.15, 0.2) is 28.9 Å². The van der Waals surface area contributed by atoms with Crippen molar-refractivity contribution in [1.29, 1.82) is 0 Å². The van der Waals surface area contributed by atoms with Gasteiger partial charge in [0.1, 0.15) is 11.8 Å². The van der Waals surface area contributed by atoms with Crippen molar-refractivity contribution in [2.75, 3.05) is 12.3 Å². The maximum atomic E-state index is 12.9. The molecule has 0 radical (unpaired) electrons. The van der Waals surface area contributed by atoms with Crippen LogP contribution in [0.25, 0.3) is 11.1 Å². The number of anilines is 1. The van der Waals surface area contributed by atoms with Crippen LogP contribution in [0.1, 0.15) is 27.3 Å². The molecule has 1 aliphatic rings. The molecule has 2 aromatic heterocycles. The molecule has 0 unspecified atom stereocenters. The van der Waals surface area contributed by atoms with E-state index in [1.807, 2.05) is 6.92 Å². The van der Waals surface area contributed by atoms with Crippen LogP contribution in [0, 0.1) is 6.92 Å². The Hall–Kier alpha value is -2.96. The molecule has 7 nitrogen and oxygen atoms in total. The van der Waals surface area contributed by atoms with Crippen molar-refractivity contribution in [2.24, 2.45) is 0 Å². The maximum absolute atomic E-state index is 12.9. The van der Waals surface area contributed by atoms with E-state index in [0.717, 1.165) is 23.4 Å². The van der Waals surface area contributed by atoms with Gasteiger partial charge < -0.3 is 15.1 Å². The molecule has 23 heavy (non-hydrogen) atoms. The first-order valence-corrected chi connectivity index (χ1v) is 7.37. The van der Waals surface area contributed by atoms with Crippen molar-refractivity contribution in [3.63, 3.8) is 0 Å². The average molecular weight is 309 g/mol. The first kappa shape index (κ1) is 13.7. The Labute approximate surface area is 132 Å². The van der Waals surface area contributed by atoms with Gasteiger partial charge in [-0.15, -0.1) is 0 Å². The average Bonchev–Trinajstić information content (AvgIpc) is 2.94. The summed E-state index contributed by atoms with van der Waals surface area (Å²) in [4.78, 5) is 27.3. The third-order valence-electron chi connectivity index (χ3n) is 4.17. The summed E-state index contributed by atoms with van der Waals surface area (Å²) in [5.74, 6) is -0.0966. The van der Waals surface area contributed by atoms with Crippen molar-refractivity contribution in [3.05, 3.63) is 47.0 Å². The second-order valence-electron chi connectivity index (χ2n) is 5.57. The Bertz CT molecular complexity index is 918. The number of carbonyl (C=O) groups is 1. The van der Waals surface area contributed by atoms with E-state index in [4.69, 9.17) is 10.2 Å². The van der Waals surface area contributed by atoms with Crippen LogP contribution < -0.4 is 5.73 Å². The van der Waals surface area contributed by atoms with E-state index in [0.29, 0.717) is 29.8 Å². The van der Waals surface area contributed by atoms with E-state index in [1.54, 1.807) is 29.4 Å². The van der Waals surface area contributed by atoms with Crippen LogP contribution >= 0.6 is 0 Å². The quantitative estimate of drug-likeness (QED) is 0.734. The van der Waals surface area contributed by atoms with Gasteiger partial charge in [0.25, 0.3) is 11.9 Å². The van der Waals surface area contributed by atoms with Gasteiger partial charge in [0, 0.05) is 30.8 Å². The number of amides is 1. The predicted molar refractivity (Wildman–Crippen MR) is 83.6 cm³/mol. The molecular weight excluding hydrogens is 294 g/mol. The molecule has 0 bridgehead atoms. The SMILES string of the molecule is Cc1ncnc2c1CN(C(=O)c1cccc3nc(N)oc13)CC2. The zero-order valence-corrected chi connectivity index (χ0v) is 12.6. The molecule has 0 aliphatic carbocycles. The predicted octanol–water partition coefficient (Wildman–Crippen LogP) is 1.71. The molecule has 1 aliphatic heterocycles. The summed E-state index contributed by atoms with van der Waals surface area (Å²) in [7, 11) is 0. The highest BCUT2D eigenvalue weighted by molar-refractivity contribution is 6.04. The van der Waals surface area contributed by atoms with Crippen LogP contribution in [0.2, 0.25) is 0 Å². The van der Waals surface area contributed by atoms with Gasteiger partial charge in [-0.2, -0.15) is 4.98 Å². The van der Waals surface area contributed by atoms with Crippen LogP contribution in [-0.4, -0.2) is 32.3 Å². The first-order chi connectivity index (χ1) is 11.1. The Morgan fingerprint density at radius 2 is 2.22 bits per heavy atom. The summed E-state index contributed by atoms with van der Waals surface area (Å²) in [6.07, 6.45) is 2.29. The maximum Gasteiger partial charge on any atom is 0.293 e. The molecule has 0 atom stereocenters. The molecule has 2 N–H and O–H groups in total. The Balaban J connectivity index is 1.71. The lowest BCUT2D eigenvalue weighted by Gasteiger charge is -2.28. The van der Waals surface area contributed by atoms with E-state index in [-0.39, 0.29) is 11.9 Å². The zero-order chi connectivity index (χ0) is 16.0. The lowest BCUT2D eigenvalue weighted by atomic mass is 10.0. The Kier molecular flexibility index (Phi) is 3.00. The zero-order valence-electron chi connectivity index (χ0n) is 12.6. The van der Waals surface area contributed by atoms with Crippen molar-refractivity contribution in [3.8, 4) is 0 Å². The van der Waals surface area contributed by atoms with Crippen LogP contribution in [0.3, 0.4) is 0 Å². The van der Waals surface area contributed by atoms with E-state index >= 15 is 0 Å². The fourth-order valence-corrected chi connectivity index (χ4v) is 2.96. The van der Waals surface area contributed by atoms with Crippen molar-refractivity contribution < 1.29 is 9.21 Å². The molecule has 1 aromatic carbocycles. The molecule has 3 heterocycles. The highest BCUT2D eigenvalue weighted by Gasteiger charge is 2.26. The normalized spacial score (nSPS) is 14.0. The van der Waals surface area contributed by atoms with Gasteiger partial charge >= 0.3 is 0 Å². The Morgan fingerprint density at radius 1 is 1.35 bits per heavy atom. The van der Waals surface area contributed by atoms with Gasteiger partial charge in [-0.05, 0) is 19.1 Å². The Morgan fingerprint density at radius 3 is 3.09 bits per heavy atom. The highest BCUT2D eigenvalue weighted by Crippen LogP contribution is 2.25. The highest BCUT2D eigenvalue weighted by atomic mass is 16.4. The second-order valence-corrected chi connectivity index (χ2v) is 5.57. The number of aromatic nitrogens is 3. The van der Waals surface area contributed by atoms with Crippen molar-refractivity contribution >= 4 is 23.0 Å². The third kappa shape index (κ3) is 2.21. The van der Waals surface area contributed by atoms with Crippen LogP contribution in [-0.2, 0) is 13.0 Å². The topological polar surface area (TPSA) is 98.1 Å². The molecule has 0 saturated carbocycles. The van der Waals surface area contributed by atoms with Gasteiger partial charge in [-0.3, -0.25) is 4.79 Å². The summed E-state index contributed by atoms with van der Waals surface area (Å²) in [5, 5.41) is 0. The summed E-state index contributed by atoms with van der Waals surface area (Å²) in [6, 6.07) is 5.35. The van der Waals surface area contributed by atoms with E-state index in [9.17, 15) is 4.79 Å². The number of aryl methyl sites for hydroxylation is 1. The molecule has 0 saturated heterocycles. The number of carbonyl (C=O) groups excluding carboxylic acids is 1. The van der Waals surface area contributed by atoms with Gasteiger partial charge in [0.2, 0.25) is 0 Å². The van der Waals surface area contributed by atoms with Crippen molar-refractivity contribution in [2.45, 2.75) is 19.9 Å². The van der Waals surface area contributed by atoms with Gasteiger partial charge in [0.05, 0.1) is 11.3 Å². The number of fused-ring (bicyclic) bond motifs is 2. The molecule has 0 spiro atoms. The van der Waals surface area contributed by atoms with E-state index in [2.05, 4.69) is 15.0 Å². The number of hydrogen-bond acceptors (Lipinski definition) is 6. The second kappa shape index (κ2) is 5.05. The fraction of sp³-hybridized carbons (Fsp3) is 0.250. The monoisotopic (exact) mass is 309 g/mol. The number of nitrogens with two attached hydrogens (primary N) is 1. The van der Waals surface area contributed by atoms with Gasteiger partial charge in [-0.1, -0.05) is 6.07 Å². The first-order valence-electron chi connectivity index (χ1n) is 7.37. The number of rotatable bonds is 1. The lowest BCUT2D eigenvalue weighted by Crippen LogP contribution is -2.37. The molecule has 0 fully saturated rings. The number of nitrogen functional groups attached to an aromatic ring is 1. The molecular formula is C16H15N5O2. The van der Waals surface area contributed by atoms with Crippen LogP contribution in [0.4, 0.5) is 6.01 Å². The van der Waals surface area contributed by atoms with Gasteiger partial charge in [-0.25, -0.2) is 9.97 Å². The number of hydrogen-bond donors (Lipinski definition) is 1. The summed E-state index contributed by atoms with van der Waals surface area (Å²) < 4.78 is 5.40. The number of nitrogens with zero attached hydrogens (tertiary/aromatic N) is 4. The van der Waals surface area contributed by atoms with Gasteiger partial charge in [0.15, 0.2) is 5.58 Å². The number of oxazole rings is 1. The molecule has 1 amide bonds.